The molecule has 0 aliphatic rings. The van der Waals surface area contributed by atoms with Gasteiger partial charge >= 0.3 is 0 Å². The summed E-state index contributed by atoms with van der Waals surface area (Å²) >= 11 is 7.76. The third-order valence-electron chi connectivity index (χ3n) is 3.79. The molecule has 0 fully saturated rings. The Morgan fingerprint density at radius 3 is 2.48 bits per heavy atom. The van der Waals surface area contributed by atoms with Crippen molar-refractivity contribution in [2.24, 2.45) is 0 Å². The summed E-state index contributed by atoms with van der Waals surface area (Å²) in [5.41, 5.74) is 2.43. The van der Waals surface area contributed by atoms with Gasteiger partial charge in [0.05, 0.1) is 5.52 Å². The van der Waals surface area contributed by atoms with Gasteiger partial charge in [0, 0.05) is 28.4 Å². The zero-order valence-corrected chi connectivity index (χ0v) is 16.3. The van der Waals surface area contributed by atoms with E-state index < -0.39 is 0 Å². The topological polar surface area (TPSA) is 30.7 Å². The van der Waals surface area contributed by atoms with Gasteiger partial charge in [0.1, 0.15) is 5.82 Å². The molecule has 2 heterocycles. The first-order valence-electron chi connectivity index (χ1n) is 8.57. The molecular weight excluding hydrogens is 374 g/mol. The van der Waals surface area contributed by atoms with Crippen LogP contribution in [0, 0.1) is 0 Å². The van der Waals surface area contributed by atoms with Crippen molar-refractivity contribution < 1.29 is 0 Å². The molecule has 0 amide bonds. The summed E-state index contributed by atoms with van der Waals surface area (Å²) in [5, 5.41) is 1.47. The van der Waals surface area contributed by atoms with Gasteiger partial charge in [0.15, 0.2) is 0 Å². The minimum Gasteiger partial charge on any atom is -0.301 e. The second kappa shape index (κ2) is 10.1. The maximum absolute atomic E-state index is 5.92. The molecule has 0 bridgehead atoms. The number of aromatic nitrogens is 3. The van der Waals surface area contributed by atoms with Gasteiger partial charge in [-0.15, -0.1) is 11.8 Å². The lowest BCUT2D eigenvalue weighted by molar-refractivity contribution is 1.01. The Morgan fingerprint density at radius 2 is 1.74 bits per heavy atom. The molecule has 0 radical (unpaired) electrons. The molecule has 5 heteroatoms. The fraction of sp³-hybridized carbons (Fsp3) is 0.182. The SMILES string of the molecule is C.CC.Clc1nccc(-n2ccc3c(SCc4ccccc4)cccc32)n1. The number of hydrogen-bond donors (Lipinski definition) is 0. The number of fused-ring (bicyclic) bond motifs is 1. The van der Waals surface area contributed by atoms with Crippen molar-refractivity contribution >= 4 is 34.3 Å². The van der Waals surface area contributed by atoms with E-state index in [1.54, 1.807) is 6.20 Å². The van der Waals surface area contributed by atoms with E-state index in [1.807, 2.05) is 48.5 Å². The van der Waals surface area contributed by atoms with Crippen LogP contribution in [-0.4, -0.2) is 14.5 Å². The van der Waals surface area contributed by atoms with Crippen molar-refractivity contribution in [2.75, 3.05) is 0 Å². The van der Waals surface area contributed by atoms with E-state index in [-0.39, 0.29) is 12.7 Å². The average Bonchev–Trinajstić information content (AvgIpc) is 3.13. The first kappa shape index (κ1) is 21.0. The van der Waals surface area contributed by atoms with Gasteiger partial charge in [-0.05, 0) is 41.4 Å². The van der Waals surface area contributed by atoms with Gasteiger partial charge in [-0.1, -0.05) is 57.7 Å². The maximum Gasteiger partial charge on any atom is 0.224 e. The van der Waals surface area contributed by atoms with E-state index in [2.05, 4.69) is 58.5 Å². The summed E-state index contributed by atoms with van der Waals surface area (Å²) in [5.74, 6) is 1.72. The number of thioether (sulfide) groups is 1. The number of benzene rings is 2. The summed E-state index contributed by atoms with van der Waals surface area (Å²) in [6, 6.07) is 20.8. The molecule has 0 spiro atoms. The molecule has 0 saturated heterocycles. The van der Waals surface area contributed by atoms with Crippen molar-refractivity contribution in [3.63, 3.8) is 0 Å². The molecule has 2 aromatic carbocycles. The highest BCUT2D eigenvalue weighted by atomic mass is 35.5. The highest BCUT2D eigenvalue weighted by molar-refractivity contribution is 7.98. The van der Waals surface area contributed by atoms with Crippen LogP contribution >= 0.6 is 23.4 Å². The zero-order chi connectivity index (χ0) is 18.4. The quantitative estimate of drug-likeness (QED) is 0.273. The standard InChI is InChI=1S/C19H14ClN3S.C2H6.CH4/c20-19-21-11-9-18(22-19)23-12-10-15-16(23)7-4-8-17(15)24-13-14-5-2-1-3-6-14;1-2;/h1-12H,13H2;1-2H3;1H4. The Balaban J connectivity index is 0.000000844. The van der Waals surface area contributed by atoms with Crippen molar-refractivity contribution in [3.8, 4) is 5.82 Å². The molecule has 3 nitrogen and oxygen atoms in total. The third-order valence-corrected chi connectivity index (χ3v) is 5.12. The van der Waals surface area contributed by atoms with Gasteiger partial charge in [0.2, 0.25) is 5.28 Å². The fourth-order valence-electron chi connectivity index (χ4n) is 2.66. The third kappa shape index (κ3) is 4.90. The van der Waals surface area contributed by atoms with Gasteiger partial charge < -0.3 is 4.57 Å². The van der Waals surface area contributed by atoms with E-state index in [0.717, 1.165) is 17.1 Å². The first-order valence-corrected chi connectivity index (χ1v) is 9.93. The smallest absolute Gasteiger partial charge is 0.224 e. The molecule has 0 saturated carbocycles. The summed E-state index contributed by atoms with van der Waals surface area (Å²) in [6.07, 6.45) is 3.69. The molecule has 0 N–H and O–H groups in total. The fourth-order valence-corrected chi connectivity index (χ4v) is 3.82. The number of nitrogens with zero attached hydrogens (tertiary/aromatic N) is 3. The number of halogens is 1. The second-order valence-corrected chi connectivity index (χ2v) is 6.69. The van der Waals surface area contributed by atoms with Crippen molar-refractivity contribution in [1.29, 1.82) is 0 Å². The lowest BCUT2D eigenvalue weighted by Gasteiger charge is -2.07. The second-order valence-electron chi connectivity index (χ2n) is 5.33. The molecule has 0 aliphatic carbocycles. The highest BCUT2D eigenvalue weighted by Crippen LogP contribution is 2.32. The van der Waals surface area contributed by atoms with Crippen LogP contribution in [0.25, 0.3) is 16.7 Å². The molecule has 140 valence electrons. The molecule has 0 aliphatic heterocycles. The minimum atomic E-state index is 0. The Bertz CT molecular complexity index is 983. The molecule has 4 rings (SSSR count). The lowest BCUT2D eigenvalue weighted by Crippen LogP contribution is -1.96. The molecule has 2 aromatic heterocycles. The van der Waals surface area contributed by atoms with Crippen LogP contribution < -0.4 is 0 Å². The van der Waals surface area contributed by atoms with E-state index in [1.165, 1.54) is 15.8 Å². The molecule has 27 heavy (non-hydrogen) atoms. The Kier molecular flexibility index (Phi) is 7.89. The Morgan fingerprint density at radius 1 is 0.963 bits per heavy atom. The Labute approximate surface area is 170 Å². The van der Waals surface area contributed by atoms with Gasteiger partial charge in [-0.3, -0.25) is 0 Å². The van der Waals surface area contributed by atoms with Crippen LogP contribution in [0.5, 0.6) is 0 Å². The van der Waals surface area contributed by atoms with Crippen molar-refractivity contribution in [3.05, 3.63) is 83.9 Å². The van der Waals surface area contributed by atoms with Crippen LogP contribution in [0.3, 0.4) is 0 Å². The number of hydrogen-bond acceptors (Lipinski definition) is 3. The highest BCUT2D eigenvalue weighted by Gasteiger charge is 2.09. The molecular formula is C22H24ClN3S. The van der Waals surface area contributed by atoms with Crippen LogP contribution in [0.15, 0.2) is 78.0 Å². The van der Waals surface area contributed by atoms with E-state index in [9.17, 15) is 0 Å². The molecule has 0 unspecified atom stereocenters. The summed E-state index contributed by atoms with van der Waals surface area (Å²) in [7, 11) is 0. The van der Waals surface area contributed by atoms with E-state index >= 15 is 0 Å². The average molecular weight is 398 g/mol. The van der Waals surface area contributed by atoms with Gasteiger partial charge in [-0.2, -0.15) is 4.98 Å². The largest absolute Gasteiger partial charge is 0.301 e. The monoisotopic (exact) mass is 397 g/mol. The summed E-state index contributed by atoms with van der Waals surface area (Å²) < 4.78 is 2.04. The predicted molar refractivity (Wildman–Crippen MR) is 118 cm³/mol. The van der Waals surface area contributed by atoms with Crippen molar-refractivity contribution in [1.82, 2.24) is 14.5 Å². The molecule has 4 aromatic rings. The van der Waals surface area contributed by atoms with Crippen LogP contribution in [0.4, 0.5) is 0 Å². The summed E-state index contributed by atoms with van der Waals surface area (Å²) in [6.45, 7) is 4.00. The zero-order valence-electron chi connectivity index (χ0n) is 14.8. The maximum atomic E-state index is 5.92. The normalized spacial score (nSPS) is 10.0. The summed E-state index contributed by atoms with van der Waals surface area (Å²) in [4.78, 5) is 9.51. The predicted octanol–water partition coefficient (Wildman–Crippen LogP) is 7.03. The molecule has 0 atom stereocenters. The lowest BCUT2D eigenvalue weighted by atomic mass is 10.2. The van der Waals surface area contributed by atoms with Gasteiger partial charge in [0.25, 0.3) is 0 Å². The van der Waals surface area contributed by atoms with Crippen LogP contribution in [0.2, 0.25) is 5.28 Å². The van der Waals surface area contributed by atoms with Crippen LogP contribution in [0.1, 0.15) is 26.8 Å². The minimum absolute atomic E-state index is 0. The first-order chi connectivity index (χ1) is 12.8. The van der Waals surface area contributed by atoms with Crippen molar-refractivity contribution in [2.45, 2.75) is 31.9 Å². The number of rotatable bonds is 4. The van der Waals surface area contributed by atoms with E-state index in [0.29, 0.717) is 0 Å². The van der Waals surface area contributed by atoms with Crippen LogP contribution in [-0.2, 0) is 5.75 Å². The van der Waals surface area contributed by atoms with E-state index in [4.69, 9.17) is 11.6 Å². The Hall–Kier alpha value is -2.30. The van der Waals surface area contributed by atoms with Gasteiger partial charge in [-0.25, -0.2) is 4.98 Å².